The molecular weight excluding hydrogens is 322 g/mol. The largest absolute Gasteiger partial charge is 0.455 e. The summed E-state index contributed by atoms with van der Waals surface area (Å²) < 4.78 is 54.0. The van der Waals surface area contributed by atoms with Gasteiger partial charge in [-0.1, -0.05) is 43.9 Å². The van der Waals surface area contributed by atoms with Gasteiger partial charge in [0, 0.05) is 30.8 Å². The van der Waals surface area contributed by atoms with Gasteiger partial charge >= 0.3 is 0 Å². The second kappa shape index (κ2) is 5.56. The number of hydrogen-bond donors (Lipinski definition) is 0. The average Bonchev–Trinajstić information content (AvgIpc) is 3.04. The van der Waals surface area contributed by atoms with Crippen LogP contribution in [0.1, 0.15) is 19.4 Å². The lowest BCUT2D eigenvalue weighted by atomic mass is 10.0. The van der Waals surface area contributed by atoms with Gasteiger partial charge in [-0.3, -0.25) is 4.98 Å². The van der Waals surface area contributed by atoms with E-state index in [0.29, 0.717) is 16.7 Å². The van der Waals surface area contributed by atoms with Crippen molar-refractivity contribution in [1.82, 2.24) is 4.98 Å². The Labute approximate surface area is 158 Å². The van der Waals surface area contributed by atoms with Crippen molar-refractivity contribution in [1.29, 1.82) is 0 Å². The van der Waals surface area contributed by atoms with Crippen LogP contribution in [-0.4, -0.2) is 13.1 Å². The van der Waals surface area contributed by atoms with Crippen LogP contribution in [-0.2, 0) is 0 Å². The Balaban J connectivity index is 2.17. The minimum Gasteiger partial charge on any atom is -0.455 e. The molecule has 0 saturated carbocycles. The van der Waals surface area contributed by atoms with Crippen molar-refractivity contribution in [2.45, 2.75) is 33.3 Å². The Morgan fingerprint density at radius 3 is 2.60 bits per heavy atom. The number of nitrogens with zero attached hydrogens (tertiary/aromatic N) is 1. The maximum absolute atomic E-state index is 8.06. The molecule has 126 valence electrons. The van der Waals surface area contributed by atoms with Gasteiger partial charge in [0.05, 0.1) is 13.8 Å². The molecule has 0 N–H and O–H groups in total. The normalized spacial score (nSPS) is 16.8. The zero-order chi connectivity index (χ0) is 22.8. The molecule has 4 aromatic rings. The fourth-order valence-electron chi connectivity index (χ4n) is 3.31. The maximum Gasteiger partial charge on any atom is 0.144 e. The third-order valence-electron chi connectivity index (χ3n) is 4.54. The number of aromatic nitrogens is 1. The molecule has 0 saturated heterocycles. The molecule has 0 bridgehead atoms. The molecule has 0 atom stereocenters. The lowest BCUT2D eigenvalue weighted by Gasteiger charge is -2.19. The van der Waals surface area contributed by atoms with Crippen molar-refractivity contribution >= 4 is 35.2 Å². The summed E-state index contributed by atoms with van der Waals surface area (Å²) in [7, 11) is -1.78. The van der Waals surface area contributed by atoms with Gasteiger partial charge in [0.25, 0.3) is 0 Å². The zero-order valence-electron chi connectivity index (χ0n) is 20.5. The summed E-state index contributed by atoms with van der Waals surface area (Å²) >= 11 is 0. The van der Waals surface area contributed by atoms with Gasteiger partial charge in [-0.05, 0) is 48.2 Å². The monoisotopic (exact) mass is 351 g/mol. The first-order chi connectivity index (χ1) is 14.3. The molecule has 3 heteroatoms. The molecule has 0 aliphatic rings. The van der Waals surface area contributed by atoms with Crippen molar-refractivity contribution in [3.63, 3.8) is 0 Å². The highest BCUT2D eigenvalue weighted by molar-refractivity contribution is 6.90. The number of furan rings is 1. The third-order valence-corrected chi connectivity index (χ3v) is 6.57. The topological polar surface area (TPSA) is 26.0 Å². The molecule has 0 radical (unpaired) electrons. The van der Waals surface area contributed by atoms with Gasteiger partial charge in [0.1, 0.15) is 11.2 Å². The van der Waals surface area contributed by atoms with Crippen LogP contribution in [0, 0.1) is 13.7 Å². The van der Waals surface area contributed by atoms with E-state index in [1.54, 1.807) is 0 Å². The Hall–Kier alpha value is -2.39. The van der Waals surface area contributed by atoms with Gasteiger partial charge in [0.2, 0.25) is 0 Å². The van der Waals surface area contributed by atoms with Gasteiger partial charge in [-0.15, -0.1) is 0 Å². The second-order valence-corrected chi connectivity index (χ2v) is 12.3. The number of hydrogen-bond acceptors (Lipinski definition) is 2. The number of fused-ring (bicyclic) bond motifs is 3. The molecule has 2 nitrogen and oxygen atoms in total. The predicted molar refractivity (Wildman–Crippen MR) is 109 cm³/mol. The SMILES string of the molecule is [2H]C([2H])([2H])c1ccnc(-c2ccc([Si](C)(C)C)c3c2oc2ccccc23)c1C([2H])([2H])[2H]. The third kappa shape index (κ3) is 2.50. The summed E-state index contributed by atoms with van der Waals surface area (Å²) in [5, 5.41) is 3.10. The van der Waals surface area contributed by atoms with Crippen LogP contribution in [0.25, 0.3) is 33.2 Å². The van der Waals surface area contributed by atoms with E-state index in [-0.39, 0.29) is 16.8 Å². The minimum absolute atomic E-state index is 0.125. The van der Waals surface area contributed by atoms with Crippen molar-refractivity contribution in [3.05, 3.63) is 59.8 Å². The van der Waals surface area contributed by atoms with E-state index in [9.17, 15) is 0 Å². The number of rotatable bonds is 2. The van der Waals surface area contributed by atoms with Crippen molar-refractivity contribution in [3.8, 4) is 11.3 Å². The molecule has 4 rings (SSSR count). The lowest BCUT2D eigenvalue weighted by molar-refractivity contribution is 0.670. The van der Waals surface area contributed by atoms with E-state index in [4.69, 9.17) is 12.6 Å². The molecule has 0 aliphatic carbocycles. The van der Waals surface area contributed by atoms with Gasteiger partial charge < -0.3 is 4.42 Å². The van der Waals surface area contributed by atoms with Crippen molar-refractivity contribution in [2.75, 3.05) is 0 Å². The van der Waals surface area contributed by atoms with E-state index < -0.39 is 21.8 Å². The van der Waals surface area contributed by atoms with E-state index >= 15 is 0 Å². The summed E-state index contributed by atoms with van der Waals surface area (Å²) in [4.78, 5) is 4.34. The molecule has 0 unspecified atom stereocenters. The Kier molecular flexibility index (Phi) is 2.35. The smallest absolute Gasteiger partial charge is 0.144 e. The van der Waals surface area contributed by atoms with E-state index in [1.165, 1.54) is 17.4 Å². The van der Waals surface area contributed by atoms with Gasteiger partial charge in [-0.25, -0.2) is 0 Å². The predicted octanol–water partition coefficient (Wildman–Crippen LogP) is 5.81. The fourth-order valence-corrected chi connectivity index (χ4v) is 4.89. The molecule has 25 heavy (non-hydrogen) atoms. The van der Waals surface area contributed by atoms with Crippen molar-refractivity contribution in [2.24, 2.45) is 0 Å². The van der Waals surface area contributed by atoms with Crippen LogP contribution in [0.4, 0.5) is 0 Å². The quantitative estimate of drug-likeness (QED) is 0.426. The van der Waals surface area contributed by atoms with E-state index in [1.807, 2.05) is 36.4 Å². The highest BCUT2D eigenvalue weighted by Gasteiger charge is 2.25. The van der Waals surface area contributed by atoms with Crippen LogP contribution in [0.15, 0.2) is 53.1 Å². The highest BCUT2D eigenvalue weighted by Crippen LogP contribution is 2.36. The summed E-state index contributed by atoms with van der Waals surface area (Å²) in [6.45, 7) is 1.50. The number of aryl methyl sites for hydroxylation is 1. The highest BCUT2D eigenvalue weighted by atomic mass is 28.3. The summed E-state index contributed by atoms with van der Waals surface area (Å²) in [6, 6.07) is 12.8. The van der Waals surface area contributed by atoms with Crippen molar-refractivity contribution < 1.29 is 12.6 Å². The van der Waals surface area contributed by atoms with Crippen LogP contribution >= 0.6 is 0 Å². The van der Waals surface area contributed by atoms with E-state index in [2.05, 4.69) is 24.6 Å². The number of benzene rings is 2. The summed E-state index contributed by atoms with van der Waals surface area (Å²) in [5.41, 5.74) is 1.40. The minimum atomic E-state index is -2.65. The first-order valence-corrected chi connectivity index (χ1v) is 11.8. The molecule has 0 amide bonds. The Morgan fingerprint density at radius 1 is 1.00 bits per heavy atom. The molecular formula is C22H23NOSi. The van der Waals surface area contributed by atoms with Crippen LogP contribution < -0.4 is 5.19 Å². The standard InChI is InChI=1S/C22H23NOSi/c1-14-12-13-23-21(15(14)2)17-10-11-19(25(3,4)5)20-16-8-6-7-9-18(16)24-22(17)20/h6-13H,1-5H3/i1D3,2D3. The van der Waals surface area contributed by atoms with Gasteiger partial charge in [-0.2, -0.15) is 0 Å². The molecule has 2 aromatic heterocycles. The summed E-state index contributed by atoms with van der Waals surface area (Å²) in [5.74, 6) is 0. The molecule has 2 aromatic carbocycles. The lowest BCUT2D eigenvalue weighted by Crippen LogP contribution is -2.37. The average molecular weight is 352 g/mol. The number of pyridine rings is 1. The fraction of sp³-hybridized carbons (Fsp3) is 0.227. The molecule has 0 aliphatic heterocycles. The Bertz CT molecular complexity index is 1300. The second-order valence-electron chi connectivity index (χ2n) is 7.30. The van der Waals surface area contributed by atoms with Crippen LogP contribution in [0.2, 0.25) is 19.6 Å². The molecule has 0 fully saturated rings. The van der Waals surface area contributed by atoms with Crippen LogP contribution in [0.5, 0.6) is 0 Å². The summed E-state index contributed by atoms with van der Waals surface area (Å²) in [6.07, 6.45) is 1.35. The van der Waals surface area contributed by atoms with E-state index in [0.717, 1.165) is 10.8 Å². The first-order valence-electron chi connectivity index (χ1n) is 11.3. The first kappa shape index (κ1) is 10.6. The zero-order valence-corrected chi connectivity index (χ0v) is 15.5. The van der Waals surface area contributed by atoms with Crippen LogP contribution in [0.3, 0.4) is 0 Å². The molecule has 2 heterocycles. The maximum atomic E-state index is 8.06. The van der Waals surface area contributed by atoms with Gasteiger partial charge in [0.15, 0.2) is 0 Å². The molecule has 0 spiro atoms. The number of para-hydroxylation sites is 1. The Morgan fingerprint density at radius 2 is 1.84 bits per heavy atom.